The van der Waals surface area contributed by atoms with Crippen molar-refractivity contribution in [1.29, 1.82) is 0 Å². The maximum Gasteiger partial charge on any atom is 0.136 e. The minimum absolute atomic E-state index is 0.186. The molecule has 0 aliphatic heterocycles. The van der Waals surface area contributed by atoms with E-state index in [0.717, 1.165) is 24.1 Å². The quantitative estimate of drug-likeness (QED) is 0.751. The Labute approximate surface area is 91.5 Å². The van der Waals surface area contributed by atoms with E-state index >= 15 is 0 Å². The van der Waals surface area contributed by atoms with Crippen molar-refractivity contribution in [3.63, 3.8) is 0 Å². The van der Waals surface area contributed by atoms with E-state index in [0.29, 0.717) is 12.2 Å². The molecule has 0 saturated carbocycles. The number of hydrogen-bond acceptors (Lipinski definition) is 2. The van der Waals surface area contributed by atoms with Crippen LogP contribution in [0.3, 0.4) is 0 Å². The molecule has 0 spiro atoms. The van der Waals surface area contributed by atoms with Crippen LogP contribution in [0.1, 0.15) is 32.3 Å². The first-order chi connectivity index (χ1) is 7.13. The van der Waals surface area contributed by atoms with Gasteiger partial charge in [0.2, 0.25) is 0 Å². The molecule has 0 radical (unpaired) electrons. The summed E-state index contributed by atoms with van der Waals surface area (Å²) >= 11 is 0. The van der Waals surface area contributed by atoms with Gasteiger partial charge in [-0.05, 0) is 30.5 Å². The fourth-order valence-corrected chi connectivity index (χ4v) is 1.49. The lowest BCUT2D eigenvalue weighted by atomic mass is 9.97. The Morgan fingerprint density at radius 3 is 2.80 bits per heavy atom. The number of benzene rings is 1. The molecule has 0 aromatic heterocycles. The lowest BCUT2D eigenvalue weighted by Gasteiger charge is -2.07. The predicted octanol–water partition coefficient (Wildman–Crippen LogP) is 2.82. The second kappa shape index (κ2) is 5.54. The number of nitrogen functional groups attached to an aromatic ring is 1. The van der Waals surface area contributed by atoms with Crippen molar-refractivity contribution in [3.8, 4) is 0 Å². The van der Waals surface area contributed by atoms with Crippen molar-refractivity contribution in [2.24, 2.45) is 5.92 Å². The smallest absolute Gasteiger partial charge is 0.136 e. The molecule has 1 atom stereocenters. The van der Waals surface area contributed by atoms with E-state index in [1.165, 1.54) is 0 Å². The second-order valence-electron chi connectivity index (χ2n) is 4.02. The number of hydrogen-bond donors (Lipinski definition) is 1. The summed E-state index contributed by atoms with van der Waals surface area (Å²) in [5.74, 6) is 0.533. The molecule has 0 aliphatic rings. The summed E-state index contributed by atoms with van der Waals surface area (Å²) in [4.78, 5) is 11.6. The number of rotatable bonds is 5. The van der Waals surface area contributed by atoms with Crippen LogP contribution in [-0.4, -0.2) is 5.78 Å². The van der Waals surface area contributed by atoms with Crippen LogP contribution in [0.15, 0.2) is 24.3 Å². The topological polar surface area (TPSA) is 43.1 Å². The van der Waals surface area contributed by atoms with Crippen molar-refractivity contribution < 1.29 is 4.79 Å². The van der Waals surface area contributed by atoms with Crippen LogP contribution in [0, 0.1) is 5.92 Å². The number of ketones is 1. The molecule has 0 bridgehead atoms. The minimum Gasteiger partial charge on any atom is -0.399 e. The minimum atomic E-state index is 0.186. The highest BCUT2D eigenvalue weighted by molar-refractivity contribution is 5.80. The fourth-order valence-electron chi connectivity index (χ4n) is 1.49. The molecule has 1 aromatic carbocycles. The first-order valence-corrected chi connectivity index (χ1v) is 5.50. The zero-order valence-electron chi connectivity index (χ0n) is 9.49. The van der Waals surface area contributed by atoms with Crippen molar-refractivity contribution in [3.05, 3.63) is 29.8 Å². The van der Waals surface area contributed by atoms with E-state index in [2.05, 4.69) is 0 Å². The van der Waals surface area contributed by atoms with Gasteiger partial charge in [-0.15, -0.1) is 0 Å². The van der Waals surface area contributed by atoms with Crippen molar-refractivity contribution in [2.45, 2.75) is 33.1 Å². The van der Waals surface area contributed by atoms with Crippen LogP contribution in [0.4, 0.5) is 5.69 Å². The van der Waals surface area contributed by atoms with E-state index in [4.69, 9.17) is 5.73 Å². The van der Waals surface area contributed by atoms with Crippen LogP contribution >= 0.6 is 0 Å². The molecule has 2 N–H and O–H groups in total. The van der Waals surface area contributed by atoms with Gasteiger partial charge in [-0.25, -0.2) is 0 Å². The highest BCUT2D eigenvalue weighted by Crippen LogP contribution is 2.12. The van der Waals surface area contributed by atoms with Gasteiger partial charge in [-0.2, -0.15) is 0 Å². The van der Waals surface area contributed by atoms with Gasteiger partial charge in [0.1, 0.15) is 5.78 Å². The first-order valence-electron chi connectivity index (χ1n) is 5.50. The molecule has 1 unspecified atom stereocenters. The maximum absolute atomic E-state index is 11.6. The van der Waals surface area contributed by atoms with Crippen LogP contribution < -0.4 is 5.73 Å². The van der Waals surface area contributed by atoms with Gasteiger partial charge >= 0.3 is 0 Å². The van der Waals surface area contributed by atoms with E-state index in [-0.39, 0.29) is 5.92 Å². The molecule has 0 amide bonds. The lowest BCUT2D eigenvalue weighted by molar-refractivity contribution is -0.122. The summed E-state index contributed by atoms with van der Waals surface area (Å²) in [5.41, 5.74) is 7.58. The number of nitrogens with two attached hydrogens (primary N) is 1. The third-order valence-electron chi connectivity index (χ3n) is 2.77. The van der Waals surface area contributed by atoms with Crippen LogP contribution in [0.5, 0.6) is 0 Å². The van der Waals surface area contributed by atoms with Gasteiger partial charge in [-0.3, -0.25) is 4.79 Å². The third kappa shape index (κ3) is 3.74. The Kier molecular flexibility index (Phi) is 4.35. The van der Waals surface area contributed by atoms with Gasteiger partial charge in [0.15, 0.2) is 0 Å². The lowest BCUT2D eigenvalue weighted by Crippen LogP contribution is -2.10. The number of anilines is 1. The van der Waals surface area contributed by atoms with Gasteiger partial charge in [-0.1, -0.05) is 26.0 Å². The number of carbonyl (C=O) groups is 1. The summed E-state index contributed by atoms with van der Waals surface area (Å²) in [6.45, 7) is 4.03. The molecule has 0 aliphatic carbocycles. The molecule has 82 valence electrons. The largest absolute Gasteiger partial charge is 0.399 e. The molecular formula is C13H19NO. The van der Waals surface area contributed by atoms with Gasteiger partial charge in [0.25, 0.3) is 0 Å². The summed E-state index contributed by atoms with van der Waals surface area (Å²) in [7, 11) is 0. The average Bonchev–Trinajstić information content (AvgIpc) is 2.25. The molecule has 0 fully saturated rings. The highest BCUT2D eigenvalue weighted by Gasteiger charge is 2.10. The monoisotopic (exact) mass is 205 g/mol. The standard InChI is InChI=1S/C13H19NO/c1-3-10(2)13(15)8-7-11-5-4-6-12(14)9-11/h4-6,9-10H,3,7-8,14H2,1-2H3. The van der Waals surface area contributed by atoms with Crippen molar-refractivity contribution in [2.75, 3.05) is 5.73 Å². The molecule has 15 heavy (non-hydrogen) atoms. The average molecular weight is 205 g/mol. The number of carbonyl (C=O) groups excluding carboxylic acids is 1. The van der Waals surface area contributed by atoms with Gasteiger partial charge in [0, 0.05) is 18.0 Å². The molecule has 0 saturated heterocycles. The molecular weight excluding hydrogens is 186 g/mol. The summed E-state index contributed by atoms with van der Waals surface area (Å²) in [6, 6.07) is 7.74. The SMILES string of the molecule is CCC(C)C(=O)CCc1cccc(N)c1. The summed E-state index contributed by atoms with van der Waals surface area (Å²) < 4.78 is 0. The summed E-state index contributed by atoms with van der Waals surface area (Å²) in [5, 5.41) is 0. The van der Waals surface area contributed by atoms with Gasteiger partial charge < -0.3 is 5.73 Å². The van der Waals surface area contributed by atoms with E-state index in [1.807, 2.05) is 38.1 Å². The van der Waals surface area contributed by atoms with Crippen molar-refractivity contribution >= 4 is 11.5 Å². The fraction of sp³-hybridized carbons (Fsp3) is 0.462. The van der Waals surface area contributed by atoms with Crippen LogP contribution in [0.25, 0.3) is 0 Å². The molecule has 1 rings (SSSR count). The molecule has 0 heterocycles. The van der Waals surface area contributed by atoms with E-state index < -0.39 is 0 Å². The molecule has 1 aromatic rings. The highest BCUT2D eigenvalue weighted by atomic mass is 16.1. The van der Waals surface area contributed by atoms with E-state index in [9.17, 15) is 4.79 Å². The number of Topliss-reactive ketones (excluding diaryl/α,β-unsaturated/α-hetero) is 1. The Bertz CT molecular complexity index is 333. The predicted molar refractivity (Wildman–Crippen MR) is 63.6 cm³/mol. The zero-order valence-corrected chi connectivity index (χ0v) is 9.49. The summed E-state index contributed by atoms with van der Waals surface area (Å²) in [6.07, 6.45) is 2.35. The van der Waals surface area contributed by atoms with Gasteiger partial charge in [0.05, 0.1) is 0 Å². The Morgan fingerprint density at radius 1 is 1.47 bits per heavy atom. The zero-order chi connectivity index (χ0) is 11.3. The van der Waals surface area contributed by atoms with Crippen LogP contribution in [0.2, 0.25) is 0 Å². The second-order valence-corrected chi connectivity index (χ2v) is 4.02. The molecule has 2 nitrogen and oxygen atoms in total. The molecule has 2 heteroatoms. The normalized spacial score (nSPS) is 12.4. The maximum atomic E-state index is 11.6. The third-order valence-corrected chi connectivity index (χ3v) is 2.77. The Balaban J connectivity index is 2.47. The van der Waals surface area contributed by atoms with Crippen LogP contribution in [-0.2, 0) is 11.2 Å². The first kappa shape index (κ1) is 11.8. The Morgan fingerprint density at radius 2 is 2.20 bits per heavy atom. The van der Waals surface area contributed by atoms with E-state index in [1.54, 1.807) is 0 Å². The number of aryl methyl sites for hydroxylation is 1. The Hall–Kier alpha value is -1.31. The van der Waals surface area contributed by atoms with Crippen molar-refractivity contribution in [1.82, 2.24) is 0 Å².